The number of carbonyl (C=O) groups is 1. The van der Waals surface area contributed by atoms with Crippen molar-refractivity contribution in [2.75, 3.05) is 6.61 Å². The number of hydrogen-bond acceptors (Lipinski definition) is 4. The lowest BCUT2D eigenvalue weighted by Crippen LogP contribution is -2.11. The molecule has 3 rings (SSSR count). The molecular formula is C16H15BrN2O2. The van der Waals surface area contributed by atoms with Crippen LogP contribution in [0.15, 0.2) is 34.9 Å². The van der Waals surface area contributed by atoms with Gasteiger partial charge in [0.15, 0.2) is 5.82 Å². The van der Waals surface area contributed by atoms with Gasteiger partial charge in [-0.25, -0.2) is 14.8 Å². The Morgan fingerprint density at radius 1 is 1.43 bits per heavy atom. The number of hydrogen-bond donors (Lipinski definition) is 0. The highest BCUT2D eigenvalue weighted by Gasteiger charge is 2.31. The smallest absolute Gasteiger partial charge is 0.341 e. The summed E-state index contributed by atoms with van der Waals surface area (Å²) >= 11 is 3.45. The van der Waals surface area contributed by atoms with Gasteiger partial charge in [0.25, 0.3) is 0 Å². The van der Waals surface area contributed by atoms with Gasteiger partial charge in [-0.3, -0.25) is 0 Å². The standard InChI is InChI=1S/C16H15BrN2O2/c1-2-21-16(20)13-9-18-15(19-14(13)10-6-7-10)11-4-3-5-12(17)8-11/h3-5,8-10H,2,6-7H2,1H3. The van der Waals surface area contributed by atoms with Gasteiger partial charge in [0.05, 0.1) is 17.9 Å². The van der Waals surface area contributed by atoms with Crippen LogP contribution in [-0.2, 0) is 4.74 Å². The zero-order valence-electron chi connectivity index (χ0n) is 11.7. The second kappa shape index (κ2) is 5.93. The number of ether oxygens (including phenoxy) is 1. The summed E-state index contributed by atoms with van der Waals surface area (Å²) in [5.41, 5.74) is 2.25. The fourth-order valence-corrected chi connectivity index (χ4v) is 2.59. The van der Waals surface area contributed by atoms with Crippen molar-refractivity contribution in [3.63, 3.8) is 0 Å². The van der Waals surface area contributed by atoms with Crippen molar-refractivity contribution < 1.29 is 9.53 Å². The van der Waals surface area contributed by atoms with Gasteiger partial charge in [0.1, 0.15) is 0 Å². The van der Waals surface area contributed by atoms with Crippen molar-refractivity contribution in [2.24, 2.45) is 0 Å². The minimum absolute atomic E-state index is 0.333. The van der Waals surface area contributed by atoms with Crippen LogP contribution in [0.2, 0.25) is 0 Å². The first-order valence-electron chi connectivity index (χ1n) is 6.99. The molecule has 0 radical (unpaired) electrons. The minimum atomic E-state index is -0.333. The molecule has 0 bridgehead atoms. The molecule has 1 aromatic heterocycles. The molecule has 0 spiro atoms. The average molecular weight is 347 g/mol. The number of carbonyl (C=O) groups excluding carboxylic acids is 1. The van der Waals surface area contributed by atoms with Gasteiger partial charge in [-0.2, -0.15) is 0 Å². The minimum Gasteiger partial charge on any atom is -0.462 e. The lowest BCUT2D eigenvalue weighted by Gasteiger charge is -2.09. The summed E-state index contributed by atoms with van der Waals surface area (Å²) in [7, 11) is 0. The van der Waals surface area contributed by atoms with E-state index >= 15 is 0 Å². The van der Waals surface area contributed by atoms with E-state index in [2.05, 4.69) is 25.9 Å². The summed E-state index contributed by atoms with van der Waals surface area (Å²) in [5.74, 6) is 0.671. The van der Waals surface area contributed by atoms with Crippen LogP contribution in [0.3, 0.4) is 0 Å². The zero-order valence-corrected chi connectivity index (χ0v) is 13.3. The van der Waals surface area contributed by atoms with Crippen LogP contribution in [0, 0.1) is 0 Å². The third-order valence-corrected chi connectivity index (χ3v) is 3.85. The molecule has 1 saturated carbocycles. The largest absolute Gasteiger partial charge is 0.462 e. The molecule has 4 nitrogen and oxygen atoms in total. The maximum Gasteiger partial charge on any atom is 0.341 e. The van der Waals surface area contributed by atoms with E-state index in [1.54, 1.807) is 13.1 Å². The summed E-state index contributed by atoms with van der Waals surface area (Å²) in [6.45, 7) is 2.15. The molecular weight excluding hydrogens is 332 g/mol. The van der Waals surface area contributed by atoms with E-state index in [1.165, 1.54) is 0 Å². The summed E-state index contributed by atoms with van der Waals surface area (Å²) in [6, 6.07) is 7.83. The Hall–Kier alpha value is -1.75. The highest BCUT2D eigenvalue weighted by atomic mass is 79.9. The summed E-state index contributed by atoms with van der Waals surface area (Å²) in [4.78, 5) is 20.9. The maximum absolute atomic E-state index is 12.0. The Bertz CT molecular complexity index is 684. The molecule has 0 atom stereocenters. The average Bonchev–Trinajstić information content (AvgIpc) is 3.31. The van der Waals surface area contributed by atoms with E-state index in [9.17, 15) is 4.79 Å². The number of nitrogens with zero attached hydrogens (tertiary/aromatic N) is 2. The number of esters is 1. The van der Waals surface area contributed by atoms with Crippen LogP contribution in [0.4, 0.5) is 0 Å². The quantitative estimate of drug-likeness (QED) is 0.786. The lowest BCUT2D eigenvalue weighted by atomic mass is 10.1. The van der Waals surface area contributed by atoms with E-state index in [1.807, 2.05) is 24.3 Å². The molecule has 1 fully saturated rings. The van der Waals surface area contributed by atoms with Gasteiger partial charge < -0.3 is 4.74 Å². The molecule has 1 aliphatic rings. The van der Waals surface area contributed by atoms with Gasteiger partial charge in [0, 0.05) is 22.2 Å². The highest BCUT2D eigenvalue weighted by molar-refractivity contribution is 9.10. The van der Waals surface area contributed by atoms with Crippen molar-refractivity contribution in [2.45, 2.75) is 25.7 Å². The van der Waals surface area contributed by atoms with Gasteiger partial charge in [-0.05, 0) is 31.9 Å². The number of rotatable bonds is 4. The fraction of sp³-hybridized carbons (Fsp3) is 0.312. The number of benzene rings is 1. The van der Waals surface area contributed by atoms with Crippen LogP contribution in [0.5, 0.6) is 0 Å². The highest BCUT2D eigenvalue weighted by Crippen LogP contribution is 2.41. The van der Waals surface area contributed by atoms with Crippen LogP contribution in [0.1, 0.15) is 41.7 Å². The molecule has 21 heavy (non-hydrogen) atoms. The normalized spacial score (nSPS) is 14.0. The van der Waals surface area contributed by atoms with Gasteiger partial charge >= 0.3 is 5.97 Å². The van der Waals surface area contributed by atoms with E-state index in [0.717, 1.165) is 28.6 Å². The Labute approximate surface area is 131 Å². The van der Waals surface area contributed by atoms with E-state index in [0.29, 0.717) is 23.9 Å². The molecule has 1 aliphatic carbocycles. The van der Waals surface area contributed by atoms with Crippen LogP contribution >= 0.6 is 15.9 Å². The molecule has 0 N–H and O–H groups in total. The Morgan fingerprint density at radius 3 is 2.90 bits per heavy atom. The topological polar surface area (TPSA) is 52.1 Å². The lowest BCUT2D eigenvalue weighted by molar-refractivity contribution is 0.0524. The SMILES string of the molecule is CCOC(=O)c1cnc(-c2cccc(Br)c2)nc1C1CC1. The van der Waals surface area contributed by atoms with Crippen molar-refractivity contribution in [1.29, 1.82) is 0 Å². The van der Waals surface area contributed by atoms with Crippen molar-refractivity contribution in [1.82, 2.24) is 9.97 Å². The van der Waals surface area contributed by atoms with Gasteiger partial charge in [0.2, 0.25) is 0 Å². The third-order valence-electron chi connectivity index (χ3n) is 3.36. The number of halogens is 1. The predicted molar refractivity (Wildman–Crippen MR) is 83.1 cm³/mol. The second-order valence-electron chi connectivity index (χ2n) is 5.00. The van der Waals surface area contributed by atoms with E-state index in [4.69, 9.17) is 4.74 Å². The fourth-order valence-electron chi connectivity index (χ4n) is 2.20. The molecule has 5 heteroatoms. The first-order chi connectivity index (χ1) is 10.2. The Kier molecular flexibility index (Phi) is 4.01. The van der Waals surface area contributed by atoms with Crippen molar-refractivity contribution in [3.8, 4) is 11.4 Å². The first kappa shape index (κ1) is 14.2. The molecule has 0 saturated heterocycles. The van der Waals surface area contributed by atoms with Crippen LogP contribution in [-0.4, -0.2) is 22.5 Å². The first-order valence-corrected chi connectivity index (χ1v) is 7.78. The second-order valence-corrected chi connectivity index (χ2v) is 5.91. The summed E-state index contributed by atoms with van der Waals surface area (Å²) in [5, 5.41) is 0. The Balaban J connectivity index is 2.01. The molecule has 0 aliphatic heterocycles. The van der Waals surface area contributed by atoms with E-state index < -0.39 is 0 Å². The molecule has 1 heterocycles. The Morgan fingerprint density at radius 2 is 2.24 bits per heavy atom. The predicted octanol–water partition coefficient (Wildman–Crippen LogP) is 3.96. The molecule has 0 amide bonds. The summed E-state index contributed by atoms with van der Waals surface area (Å²) < 4.78 is 6.06. The maximum atomic E-state index is 12.0. The van der Waals surface area contributed by atoms with E-state index in [-0.39, 0.29) is 5.97 Å². The number of aromatic nitrogens is 2. The van der Waals surface area contributed by atoms with Crippen molar-refractivity contribution in [3.05, 3.63) is 46.2 Å². The summed E-state index contributed by atoms with van der Waals surface area (Å²) in [6.07, 6.45) is 3.73. The van der Waals surface area contributed by atoms with Crippen LogP contribution < -0.4 is 0 Å². The molecule has 1 aromatic carbocycles. The molecule has 108 valence electrons. The third kappa shape index (κ3) is 3.13. The zero-order chi connectivity index (χ0) is 14.8. The van der Waals surface area contributed by atoms with Gasteiger partial charge in [-0.15, -0.1) is 0 Å². The van der Waals surface area contributed by atoms with Crippen molar-refractivity contribution >= 4 is 21.9 Å². The monoisotopic (exact) mass is 346 g/mol. The van der Waals surface area contributed by atoms with Gasteiger partial charge in [-0.1, -0.05) is 28.1 Å². The molecule has 2 aromatic rings. The van der Waals surface area contributed by atoms with Crippen LogP contribution in [0.25, 0.3) is 11.4 Å². The molecule has 0 unspecified atom stereocenters.